The minimum Gasteiger partial charge on any atom is -0.391 e. The van der Waals surface area contributed by atoms with E-state index in [1.807, 2.05) is 0 Å². The molecule has 108 valence electrons. The van der Waals surface area contributed by atoms with E-state index in [1.165, 1.54) is 21.7 Å². The molecule has 1 unspecified atom stereocenters. The van der Waals surface area contributed by atoms with Crippen LogP contribution in [-0.2, 0) is 21.4 Å². The van der Waals surface area contributed by atoms with Crippen LogP contribution in [0.1, 0.15) is 17.7 Å². The SMILES string of the molecule is COC1CCCN(S(=O)(=O)c2cc(CO)sc2Br)C1. The van der Waals surface area contributed by atoms with Crippen molar-refractivity contribution in [1.29, 1.82) is 0 Å². The number of methoxy groups -OCH3 is 1. The van der Waals surface area contributed by atoms with E-state index in [0.29, 0.717) is 21.8 Å². The number of hydrogen-bond donors (Lipinski definition) is 1. The van der Waals surface area contributed by atoms with Gasteiger partial charge in [0.15, 0.2) is 0 Å². The highest BCUT2D eigenvalue weighted by Crippen LogP contribution is 2.34. The highest BCUT2D eigenvalue weighted by atomic mass is 79.9. The van der Waals surface area contributed by atoms with Crippen molar-refractivity contribution in [3.05, 3.63) is 14.7 Å². The van der Waals surface area contributed by atoms with Gasteiger partial charge >= 0.3 is 0 Å². The largest absolute Gasteiger partial charge is 0.391 e. The molecule has 2 rings (SSSR count). The molecule has 1 atom stereocenters. The van der Waals surface area contributed by atoms with Crippen molar-refractivity contribution < 1.29 is 18.3 Å². The van der Waals surface area contributed by atoms with Gasteiger partial charge in [0.1, 0.15) is 4.90 Å². The van der Waals surface area contributed by atoms with Gasteiger partial charge in [-0.3, -0.25) is 0 Å². The van der Waals surface area contributed by atoms with Gasteiger partial charge in [-0.2, -0.15) is 4.31 Å². The molecule has 1 aliphatic rings. The highest BCUT2D eigenvalue weighted by Gasteiger charge is 2.32. The summed E-state index contributed by atoms with van der Waals surface area (Å²) in [4.78, 5) is 0.865. The second-order valence-electron chi connectivity index (χ2n) is 4.37. The average molecular weight is 370 g/mol. The number of nitrogens with zero attached hydrogens (tertiary/aromatic N) is 1. The normalized spacial score (nSPS) is 21.7. The molecule has 8 heteroatoms. The number of sulfonamides is 1. The van der Waals surface area contributed by atoms with Crippen LogP contribution in [0.15, 0.2) is 14.7 Å². The molecule has 2 heterocycles. The first-order chi connectivity index (χ1) is 8.98. The van der Waals surface area contributed by atoms with E-state index in [-0.39, 0.29) is 17.6 Å². The van der Waals surface area contributed by atoms with Crippen LogP contribution in [0.5, 0.6) is 0 Å². The molecule has 0 amide bonds. The molecule has 5 nitrogen and oxygen atoms in total. The second kappa shape index (κ2) is 6.19. The Morgan fingerprint density at radius 1 is 1.63 bits per heavy atom. The Balaban J connectivity index is 2.28. The number of ether oxygens (including phenoxy) is 1. The summed E-state index contributed by atoms with van der Waals surface area (Å²) in [6.45, 7) is 0.744. The number of thiophene rings is 1. The minimum atomic E-state index is -3.52. The van der Waals surface area contributed by atoms with Crippen molar-refractivity contribution in [3.63, 3.8) is 0 Å². The molecular formula is C11H16BrNO4S2. The van der Waals surface area contributed by atoms with Crippen LogP contribution in [-0.4, -0.2) is 44.1 Å². The lowest BCUT2D eigenvalue weighted by Gasteiger charge is -2.30. The Kier molecular flexibility index (Phi) is 5.02. The lowest BCUT2D eigenvalue weighted by molar-refractivity contribution is 0.0572. The van der Waals surface area contributed by atoms with Crippen molar-refractivity contribution >= 4 is 37.3 Å². The topological polar surface area (TPSA) is 66.8 Å². The maximum Gasteiger partial charge on any atom is 0.245 e. The van der Waals surface area contributed by atoms with Crippen molar-refractivity contribution in [2.24, 2.45) is 0 Å². The van der Waals surface area contributed by atoms with E-state index in [9.17, 15) is 8.42 Å². The lowest BCUT2D eigenvalue weighted by Crippen LogP contribution is -2.42. The van der Waals surface area contributed by atoms with Gasteiger partial charge in [0.25, 0.3) is 0 Å². The summed E-state index contributed by atoms with van der Waals surface area (Å²) in [6.07, 6.45) is 1.64. The summed E-state index contributed by atoms with van der Waals surface area (Å²) < 4.78 is 32.4. The zero-order chi connectivity index (χ0) is 14.0. The monoisotopic (exact) mass is 369 g/mol. The number of aliphatic hydroxyl groups is 1. The summed E-state index contributed by atoms with van der Waals surface area (Å²) in [6, 6.07) is 1.53. The zero-order valence-corrected chi connectivity index (χ0v) is 13.7. The molecule has 0 spiro atoms. The fourth-order valence-electron chi connectivity index (χ4n) is 2.11. The standard InChI is InChI=1S/C11H16BrNO4S2/c1-17-8-3-2-4-13(6-8)19(15,16)10-5-9(7-14)18-11(10)12/h5,8,14H,2-4,6-7H2,1H3. The molecule has 0 aromatic carbocycles. The highest BCUT2D eigenvalue weighted by molar-refractivity contribution is 9.11. The summed E-state index contributed by atoms with van der Waals surface area (Å²) in [7, 11) is -1.92. The fourth-order valence-corrected chi connectivity index (χ4v) is 6.11. The summed E-state index contributed by atoms with van der Waals surface area (Å²) in [5.41, 5.74) is 0. The molecule has 0 aliphatic carbocycles. The van der Waals surface area contributed by atoms with Crippen molar-refractivity contribution in [2.45, 2.75) is 30.4 Å². The number of halogens is 1. The predicted molar refractivity (Wildman–Crippen MR) is 76.7 cm³/mol. The van der Waals surface area contributed by atoms with Crippen LogP contribution in [0.2, 0.25) is 0 Å². The number of hydrogen-bond acceptors (Lipinski definition) is 5. The first-order valence-electron chi connectivity index (χ1n) is 5.91. The average Bonchev–Trinajstić information content (AvgIpc) is 2.81. The van der Waals surface area contributed by atoms with Gasteiger partial charge < -0.3 is 9.84 Å². The van der Waals surface area contributed by atoms with Crippen molar-refractivity contribution in [1.82, 2.24) is 4.31 Å². The maximum absolute atomic E-state index is 12.6. The van der Waals surface area contributed by atoms with E-state index in [0.717, 1.165) is 12.8 Å². The summed E-state index contributed by atoms with van der Waals surface area (Å²) in [5, 5.41) is 9.09. The Bertz CT molecular complexity index is 543. The molecule has 0 bridgehead atoms. The minimum absolute atomic E-state index is 0.0433. The van der Waals surface area contributed by atoms with Crippen molar-refractivity contribution in [3.8, 4) is 0 Å². The maximum atomic E-state index is 12.6. The fraction of sp³-hybridized carbons (Fsp3) is 0.636. The van der Waals surface area contributed by atoms with Gasteiger partial charge in [0.05, 0.1) is 16.5 Å². The number of rotatable bonds is 4. The van der Waals surface area contributed by atoms with Crippen LogP contribution >= 0.6 is 27.3 Å². The third-order valence-corrected chi connectivity index (χ3v) is 7.26. The molecule has 1 aliphatic heterocycles. The van der Waals surface area contributed by atoms with E-state index in [4.69, 9.17) is 9.84 Å². The lowest BCUT2D eigenvalue weighted by atomic mass is 10.1. The van der Waals surface area contributed by atoms with Crippen LogP contribution in [0, 0.1) is 0 Å². The number of piperidine rings is 1. The molecule has 1 aromatic heterocycles. The van der Waals surface area contributed by atoms with Crippen LogP contribution in [0.4, 0.5) is 0 Å². The Morgan fingerprint density at radius 3 is 2.95 bits per heavy atom. The molecule has 1 saturated heterocycles. The molecule has 1 aromatic rings. The predicted octanol–water partition coefficient (Wildman–Crippen LogP) is 1.80. The third-order valence-electron chi connectivity index (χ3n) is 3.15. The Morgan fingerprint density at radius 2 is 2.37 bits per heavy atom. The molecule has 19 heavy (non-hydrogen) atoms. The van der Waals surface area contributed by atoms with Crippen LogP contribution in [0.25, 0.3) is 0 Å². The third kappa shape index (κ3) is 3.20. The quantitative estimate of drug-likeness (QED) is 0.878. The van der Waals surface area contributed by atoms with E-state index in [2.05, 4.69) is 15.9 Å². The van der Waals surface area contributed by atoms with Crippen LogP contribution < -0.4 is 0 Å². The Hall–Kier alpha value is 0.01000. The summed E-state index contributed by atoms with van der Waals surface area (Å²) in [5.74, 6) is 0. The first-order valence-corrected chi connectivity index (χ1v) is 8.96. The van der Waals surface area contributed by atoms with E-state index >= 15 is 0 Å². The van der Waals surface area contributed by atoms with Gasteiger partial charge in [-0.05, 0) is 34.8 Å². The molecule has 0 radical (unpaired) electrons. The zero-order valence-electron chi connectivity index (χ0n) is 10.5. The molecule has 1 fully saturated rings. The van der Waals surface area contributed by atoms with Crippen LogP contribution in [0.3, 0.4) is 0 Å². The molecule has 0 saturated carbocycles. The molecular weight excluding hydrogens is 354 g/mol. The second-order valence-corrected chi connectivity index (χ2v) is 8.73. The number of aliphatic hydroxyl groups excluding tert-OH is 1. The molecule has 1 N–H and O–H groups in total. The van der Waals surface area contributed by atoms with Gasteiger partial charge in [0.2, 0.25) is 10.0 Å². The smallest absolute Gasteiger partial charge is 0.245 e. The van der Waals surface area contributed by atoms with E-state index < -0.39 is 10.0 Å². The van der Waals surface area contributed by atoms with Gasteiger partial charge in [-0.1, -0.05) is 0 Å². The van der Waals surface area contributed by atoms with Gasteiger partial charge in [-0.15, -0.1) is 11.3 Å². The van der Waals surface area contributed by atoms with Crippen molar-refractivity contribution in [2.75, 3.05) is 20.2 Å². The Labute approximate surface area is 125 Å². The van der Waals surface area contributed by atoms with Gasteiger partial charge in [0, 0.05) is 25.1 Å². The van der Waals surface area contributed by atoms with Gasteiger partial charge in [-0.25, -0.2) is 8.42 Å². The first kappa shape index (κ1) is 15.4. The summed E-state index contributed by atoms with van der Waals surface area (Å²) >= 11 is 4.50. The van der Waals surface area contributed by atoms with E-state index in [1.54, 1.807) is 7.11 Å².